The number of alkyl halides is 1. The third-order valence-electron chi connectivity index (χ3n) is 4.29. The Bertz CT molecular complexity index is 754. The monoisotopic (exact) mass is 286 g/mol. The van der Waals surface area contributed by atoms with E-state index in [1.807, 2.05) is 24.3 Å². The van der Waals surface area contributed by atoms with Gasteiger partial charge in [0, 0.05) is 10.8 Å². The third kappa shape index (κ3) is 2.10. The Balaban J connectivity index is 2.17. The van der Waals surface area contributed by atoms with Crippen LogP contribution in [0, 0.1) is 5.41 Å². The van der Waals surface area contributed by atoms with Crippen LogP contribution in [-0.4, -0.2) is 0 Å². The van der Waals surface area contributed by atoms with Gasteiger partial charge in [0.05, 0.1) is 5.38 Å². The van der Waals surface area contributed by atoms with Gasteiger partial charge in [0.25, 0.3) is 0 Å². The zero-order valence-electron chi connectivity index (χ0n) is 12.1. The molecule has 0 saturated heterocycles. The highest BCUT2D eigenvalue weighted by Gasteiger charge is 2.27. The Morgan fingerprint density at radius 2 is 1.75 bits per heavy atom. The molecule has 0 aliphatic heterocycles. The van der Waals surface area contributed by atoms with Crippen LogP contribution in [0.2, 0.25) is 0 Å². The second-order valence-electron chi connectivity index (χ2n) is 6.06. The number of fused-ring (bicyclic) bond motifs is 3. The van der Waals surface area contributed by atoms with Crippen LogP contribution in [0.3, 0.4) is 0 Å². The normalized spacial score (nSPS) is 14.0. The fraction of sp³-hybridized carbons (Fsp3) is 0.333. The highest BCUT2D eigenvalue weighted by atomic mass is 35.5. The van der Waals surface area contributed by atoms with Crippen molar-refractivity contribution >= 4 is 33.5 Å². The molecule has 20 heavy (non-hydrogen) atoms. The van der Waals surface area contributed by atoms with Crippen molar-refractivity contribution in [3.63, 3.8) is 0 Å². The summed E-state index contributed by atoms with van der Waals surface area (Å²) in [6, 6.07) is 14.4. The zero-order valence-corrected chi connectivity index (χ0v) is 12.9. The van der Waals surface area contributed by atoms with Crippen molar-refractivity contribution in [2.75, 3.05) is 0 Å². The maximum absolute atomic E-state index is 6.69. The van der Waals surface area contributed by atoms with Crippen LogP contribution in [0.15, 0.2) is 46.9 Å². The van der Waals surface area contributed by atoms with Crippen molar-refractivity contribution in [1.29, 1.82) is 0 Å². The van der Waals surface area contributed by atoms with Gasteiger partial charge in [0.1, 0.15) is 11.2 Å². The van der Waals surface area contributed by atoms with Crippen LogP contribution < -0.4 is 0 Å². The third-order valence-corrected chi connectivity index (χ3v) is 5.13. The summed E-state index contributed by atoms with van der Waals surface area (Å²) >= 11 is 6.69. The molecule has 0 amide bonds. The number of rotatable bonds is 3. The van der Waals surface area contributed by atoms with E-state index in [4.69, 9.17) is 16.0 Å². The molecule has 1 heterocycles. The van der Waals surface area contributed by atoms with E-state index in [0.29, 0.717) is 0 Å². The van der Waals surface area contributed by atoms with Crippen LogP contribution in [0.4, 0.5) is 0 Å². The van der Waals surface area contributed by atoms with Gasteiger partial charge in [-0.2, -0.15) is 0 Å². The molecule has 2 aromatic carbocycles. The minimum atomic E-state index is 0.00515. The largest absolute Gasteiger partial charge is 0.456 e. The lowest BCUT2D eigenvalue weighted by atomic mass is 9.82. The number of furan rings is 1. The standard InChI is InChI=1S/C18H19ClO/c1-4-18(2,3)17(19)12-9-10-16-14(11-12)13-7-5-6-8-15(13)20-16/h5-11,17H,4H2,1-3H3. The molecule has 104 valence electrons. The number of halogens is 1. The summed E-state index contributed by atoms with van der Waals surface area (Å²) in [5.74, 6) is 0. The molecule has 1 unspecified atom stereocenters. The van der Waals surface area contributed by atoms with E-state index in [0.717, 1.165) is 33.9 Å². The van der Waals surface area contributed by atoms with E-state index in [-0.39, 0.29) is 10.8 Å². The van der Waals surface area contributed by atoms with Crippen molar-refractivity contribution in [2.24, 2.45) is 5.41 Å². The fourth-order valence-electron chi connectivity index (χ4n) is 2.53. The molecule has 0 N–H and O–H groups in total. The number of benzene rings is 2. The zero-order chi connectivity index (χ0) is 14.3. The molecular formula is C18H19ClO. The Morgan fingerprint density at radius 1 is 1.05 bits per heavy atom. The Morgan fingerprint density at radius 3 is 2.50 bits per heavy atom. The van der Waals surface area contributed by atoms with Gasteiger partial charge in [-0.05, 0) is 35.6 Å². The first-order valence-corrected chi connectivity index (χ1v) is 7.52. The Labute approximate surface area is 124 Å². The molecule has 0 saturated carbocycles. The lowest BCUT2D eigenvalue weighted by Crippen LogP contribution is -2.16. The number of hydrogen-bond donors (Lipinski definition) is 0. The van der Waals surface area contributed by atoms with Crippen molar-refractivity contribution in [1.82, 2.24) is 0 Å². The minimum Gasteiger partial charge on any atom is -0.456 e. The van der Waals surface area contributed by atoms with Crippen LogP contribution in [-0.2, 0) is 0 Å². The number of hydrogen-bond acceptors (Lipinski definition) is 1. The van der Waals surface area contributed by atoms with Gasteiger partial charge in [0.2, 0.25) is 0 Å². The molecule has 0 aliphatic rings. The van der Waals surface area contributed by atoms with Crippen LogP contribution in [0.25, 0.3) is 21.9 Å². The minimum absolute atomic E-state index is 0.00515. The first-order valence-electron chi connectivity index (χ1n) is 7.08. The van der Waals surface area contributed by atoms with Gasteiger partial charge in [-0.25, -0.2) is 0 Å². The molecule has 0 radical (unpaired) electrons. The van der Waals surface area contributed by atoms with Gasteiger partial charge in [-0.15, -0.1) is 11.6 Å². The lowest BCUT2D eigenvalue weighted by Gasteiger charge is -2.29. The van der Waals surface area contributed by atoms with Crippen molar-refractivity contribution in [3.8, 4) is 0 Å². The summed E-state index contributed by atoms with van der Waals surface area (Å²) in [5.41, 5.74) is 3.10. The highest BCUT2D eigenvalue weighted by Crippen LogP contribution is 2.42. The molecule has 0 spiro atoms. The SMILES string of the molecule is CCC(C)(C)C(Cl)c1ccc2oc3ccccc3c2c1. The van der Waals surface area contributed by atoms with Gasteiger partial charge in [-0.1, -0.05) is 45.0 Å². The second kappa shape index (κ2) is 4.82. The second-order valence-corrected chi connectivity index (χ2v) is 6.49. The average Bonchev–Trinajstić information content (AvgIpc) is 2.84. The van der Waals surface area contributed by atoms with Crippen LogP contribution in [0.1, 0.15) is 38.1 Å². The highest BCUT2D eigenvalue weighted by molar-refractivity contribution is 6.21. The first-order chi connectivity index (χ1) is 9.53. The van der Waals surface area contributed by atoms with E-state index >= 15 is 0 Å². The summed E-state index contributed by atoms with van der Waals surface area (Å²) in [4.78, 5) is 0. The smallest absolute Gasteiger partial charge is 0.135 e. The van der Waals surface area contributed by atoms with Crippen molar-refractivity contribution < 1.29 is 4.42 Å². The maximum atomic E-state index is 6.69. The van der Waals surface area contributed by atoms with E-state index < -0.39 is 0 Å². The van der Waals surface area contributed by atoms with E-state index in [2.05, 4.69) is 39.0 Å². The molecule has 1 atom stereocenters. The molecule has 3 rings (SSSR count). The van der Waals surface area contributed by atoms with Crippen molar-refractivity contribution in [2.45, 2.75) is 32.6 Å². The molecule has 2 heteroatoms. The Hall–Kier alpha value is -1.47. The van der Waals surface area contributed by atoms with Crippen LogP contribution in [0.5, 0.6) is 0 Å². The van der Waals surface area contributed by atoms with E-state index in [1.54, 1.807) is 0 Å². The van der Waals surface area contributed by atoms with E-state index in [9.17, 15) is 0 Å². The van der Waals surface area contributed by atoms with Gasteiger partial charge < -0.3 is 4.42 Å². The topological polar surface area (TPSA) is 13.1 Å². The van der Waals surface area contributed by atoms with Crippen LogP contribution >= 0.6 is 11.6 Å². The molecule has 1 aromatic heterocycles. The quantitative estimate of drug-likeness (QED) is 0.515. The molecule has 0 bridgehead atoms. The molecular weight excluding hydrogens is 268 g/mol. The fourth-order valence-corrected chi connectivity index (χ4v) is 2.82. The molecule has 1 nitrogen and oxygen atoms in total. The van der Waals surface area contributed by atoms with Crippen molar-refractivity contribution in [3.05, 3.63) is 48.0 Å². The molecule has 3 aromatic rings. The number of para-hydroxylation sites is 1. The van der Waals surface area contributed by atoms with Gasteiger partial charge in [0.15, 0.2) is 0 Å². The van der Waals surface area contributed by atoms with E-state index in [1.165, 1.54) is 0 Å². The van der Waals surface area contributed by atoms with Gasteiger partial charge >= 0.3 is 0 Å². The average molecular weight is 287 g/mol. The molecule has 0 aliphatic carbocycles. The maximum Gasteiger partial charge on any atom is 0.135 e. The lowest BCUT2D eigenvalue weighted by molar-refractivity contribution is 0.336. The summed E-state index contributed by atoms with van der Waals surface area (Å²) in [7, 11) is 0. The predicted molar refractivity (Wildman–Crippen MR) is 86.4 cm³/mol. The summed E-state index contributed by atoms with van der Waals surface area (Å²) in [6.45, 7) is 6.60. The van der Waals surface area contributed by atoms with Gasteiger partial charge in [-0.3, -0.25) is 0 Å². The predicted octanol–water partition coefficient (Wildman–Crippen LogP) is 6.30. The summed E-state index contributed by atoms with van der Waals surface area (Å²) in [6.07, 6.45) is 1.05. The first kappa shape index (κ1) is 13.5. The summed E-state index contributed by atoms with van der Waals surface area (Å²) in [5, 5.41) is 2.31. The Kier molecular flexibility index (Phi) is 3.25. The summed E-state index contributed by atoms with van der Waals surface area (Å²) < 4.78 is 5.86. The molecule has 0 fully saturated rings.